The van der Waals surface area contributed by atoms with Gasteiger partial charge >= 0.3 is 17.9 Å². The van der Waals surface area contributed by atoms with Crippen LogP contribution in [0.5, 0.6) is 0 Å². The molecule has 1 aromatic heterocycles. The lowest BCUT2D eigenvalue weighted by Crippen LogP contribution is -2.71. The Kier molecular flexibility index (Phi) is 10.9. The van der Waals surface area contributed by atoms with Crippen molar-refractivity contribution >= 4 is 69.4 Å². The quantitative estimate of drug-likeness (QED) is 0.0910. The summed E-state index contributed by atoms with van der Waals surface area (Å²) >= 11 is 2.19. The van der Waals surface area contributed by atoms with E-state index in [2.05, 4.69) is 15.5 Å². The number of β-lactam (4-membered cyclic amide) rings is 1. The second-order valence-electron chi connectivity index (χ2n) is 10.6. The van der Waals surface area contributed by atoms with Crippen LogP contribution in [-0.4, -0.2) is 91.7 Å². The van der Waals surface area contributed by atoms with Crippen molar-refractivity contribution in [3.8, 4) is 0 Å². The zero-order valence-electron chi connectivity index (χ0n) is 24.2. The molecule has 2 aliphatic heterocycles. The number of thiazole rings is 1. The summed E-state index contributed by atoms with van der Waals surface area (Å²) in [6.45, 7) is 7.73. The van der Waals surface area contributed by atoms with Crippen LogP contribution in [0.25, 0.3) is 0 Å². The van der Waals surface area contributed by atoms with Gasteiger partial charge in [-0.2, -0.15) is 0 Å². The number of aliphatic carboxylic acids is 1. The first-order valence-corrected chi connectivity index (χ1v) is 15.1. The van der Waals surface area contributed by atoms with Crippen molar-refractivity contribution in [2.75, 3.05) is 18.1 Å². The summed E-state index contributed by atoms with van der Waals surface area (Å²) in [6, 6.07) is -1.13. The number of carboxylic acid groups (broad SMARTS) is 1. The van der Waals surface area contributed by atoms with Gasteiger partial charge in [-0.05, 0) is 34.1 Å². The first kappa shape index (κ1) is 33.5. The first-order chi connectivity index (χ1) is 20.1. The fourth-order valence-electron chi connectivity index (χ4n) is 3.99. The minimum atomic E-state index is -1.42. The van der Waals surface area contributed by atoms with Crippen LogP contribution < -0.4 is 11.1 Å². The third kappa shape index (κ3) is 8.53. The van der Waals surface area contributed by atoms with Crippen molar-refractivity contribution in [1.29, 1.82) is 0 Å². The first-order valence-electron chi connectivity index (χ1n) is 13.2. The number of hydrogen-bond acceptors (Lipinski definition) is 14. The van der Waals surface area contributed by atoms with Gasteiger partial charge in [0.05, 0.1) is 0 Å². The number of carboxylic acids is 1. The molecule has 4 N–H and O–H groups in total. The van der Waals surface area contributed by atoms with E-state index in [1.54, 1.807) is 20.8 Å². The Bertz CT molecular complexity index is 1370. The van der Waals surface area contributed by atoms with E-state index >= 15 is 0 Å². The summed E-state index contributed by atoms with van der Waals surface area (Å²) in [6.07, 6.45) is -0.785. The predicted octanol–water partition coefficient (Wildman–Crippen LogP) is 1.22. The van der Waals surface area contributed by atoms with Gasteiger partial charge in [0.25, 0.3) is 11.8 Å². The van der Waals surface area contributed by atoms with Crippen LogP contribution in [0.1, 0.15) is 59.6 Å². The molecular formula is C26H33N5O10S2. The number of anilines is 1. The summed E-state index contributed by atoms with van der Waals surface area (Å²) < 4.78 is 10.4. The molecule has 1 fully saturated rings. The van der Waals surface area contributed by atoms with Gasteiger partial charge in [-0.25, -0.2) is 14.6 Å². The molecule has 0 radical (unpaired) electrons. The van der Waals surface area contributed by atoms with Gasteiger partial charge in [-0.1, -0.05) is 18.5 Å². The Morgan fingerprint density at radius 2 is 1.98 bits per heavy atom. The minimum Gasteiger partial charge on any atom is -0.477 e. The SMILES string of the molecule is CCCC(O/N=C(\C(=O)N[C@@H]1C(=O)N2C(C(=O)O)=C(COC(=O)CC(C)=O)CS[C@H]12)c1csc(N)n1)C(=O)OC(C)(C)C. The van der Waals surface area contributed by atoms with Crippen molar-refractivity contribution in [2.24, 2.45) is 5.16 Å². The predicted molar refractivity (Wildman–Crippen MR) is 155 cm³/mol. The van der Waals surface area contributed by atoms with Crippen molar-refractivity contribution in [2.45, 2.75) is 77.0 Å². The number of thioether (sulfide) groups is 1. The smallest absolute Gasteiger partial charge is 0.352 e. The van der Waals surface area contributed by atoms with E-state index in [1.807, 2.05) is 6.92 Å². The van der Waals surface area contributed by atoms with Gasteiger partial charge in [0, 0.05) is 16.7 Å². The normalized spacial score (nSPS) is 19.1. The zero-order chi connectivity index (χ0) is 32.1. The number of nitrogen functional groups attached to an aromatic ring is 1. The number of carbonyl (C=O) groups is 6. The molecule has 2 aliphatic rings. The number of aromatic nitrogens is 1. The molecule has 1 saturated heterocycles. The molecule has 17 heteroatoms. The van der Waals surface area contributed by atoms with E-state index in [0.717, 1.165) is 28.0 Å². The van der Waals surface area contributed by atoms with Gasteiger partial charge in [-0.3, -0.25) is 24.1 Å². The molecule has 234 valence electrons. The van der Waals surface area contributed by atoms with E-state index in [-0.39, 0.29) is 40.0 Å². The van der Waals surface area contributed by atoms with Gasteiger partial charge in [-0.15, -0.1) is 23.1 Å². The highest BCUT2D eigenvalue weighted by atomic mass is 32.2. The monoisotopic (exact) mass is 639 g/mol. The van der Waals surface area contributed by atoms with Gasteiger partial charge in [0.15, 0.2) is 10.8 Å². The zero-order valence-corrected chi connectivity index (χ0v) is 25.8. The number of rotatable bonds is 13. The maximum absolute atomic E-state index is 13.4. The molecule has 0 aromatic carbocycles. The maximum Gasteiger partial charge on any atom is 0.352 e. The number of ether oxygens (including phenoxy) is 2. The van der Waals surface area contributed by atoms with Gasteiger partial charge in [0.2, 0.25) is 6.10 Å². The van der Waals surface area contributed by atoms with Crippen molar-refractivity contribution in [3.05, 3.63) is 22.3 Å². The van der Waals surface area contributed by atoms with E-state index in [0.29, 0.717) is 6.42 Å². The van der Waals surface area contributed by atoms with Crippen LogP contribution in [-0.2, 0) is 43.1 Å². The van der Waals surface area contributed by atoms with Crippen LogP contribution in [0.3, 0.4) is 0 Å². The van der Waals surface area contributed by atoms with Gasteiger partial charge in [0.1, 0.15) is 47.2 Å². The van der Waals surface area contributed by atoms with Crippen LogP contribution >= 0.6 is 23.1 Å². The molecule has 1 unspecified atom stereocenters. The molecule has 43 heavy (non-hydrogen) atoms. The number of Topliss-reactive ketones (excluding diaryl/α,β-unsaturated/α-hetero) is 1. The van der Waals surface area contributed by atoms with E-state index in [9.17, 15) is 33.9 Å². The lowest BCUT2D eigenvalue weighted by molar-refractivity contribution is -0.169. The van der Waals surface area contributed by atoms with Crippen LogP contribution in [0.2, 0.25) is 0 Å². The Morgan fingerprint density at radius 3 is 2.53 bits per heavy atom. The molecule has 0 bridgehead atoms. The fraction of sp³-hybridized carbons (Fsp3) is 0.538. The average molecular weight is 640 g/mol. The largest absolute Gasteiger partial charge is 0.477 e. The molecule has 15 nitrogen and oxygen atoms in total. The summed E-state index contributed by atoms with van der Waals surface area (Å²) in [5, 5.41) is 17.1. The number of amides is 2. The highest BCUT2D eigenvalue weighted by Gasteiger charge is 2.54. The summed E-state index contributed by atoms with van der Waals surface area (Å²) in [7, 11) is 0. The summed E-state index contributed by atoms with van der Waals surface area (Å²) in [5.41, 5.74) is 4.46. The molecule has 2 amide bonds. The Balaban J connectivity index is 1.79. The molecule has 1 aromatic rings. The fourth-order valence-corrected chi connectivity index (χ4v) is 5.86. The highest BCUT2D eigenvalue weighted by molar-refractivity contribution is 8.00. The molecule has 3 rings (SSSR count). The van der Waals surface area contributed by atoms with Crippen molar-refractivity contribution in [1.82, 2.24) is 15.2 Å². The van der Waals surface area contributed by atoms with Crippen molar-refractivity contribution < 1.29 is 48.2 Å². The lowest BCUT2D eigenvalue weighted by Gasteiger charge is -2.49. The van der Waals surface area contributed by atoms with Crippen molar-refractivity contribution in [3.63, 3.8) is 0 Å². The van der Waals surface area contributed by atoms with E-state index in [1.165, 1.54) is 12.3 Å². The topological polar surface area (TPSA) is 217 Å². The van der Waals surface area contributed by atoms with Crippen LogP contribution in [0.4, 0.5) is 5.13 Å². The Morgan fingerprint density at radius 1 is 1.28 bits per heavy atom. The average Bonchev–Trinajstić information content (AvgIpc) is 3.33. The number of oxime groups is 1. The van der Waals surface area contributed by atoms with E-state index < -0.39 is 71.7 Å². The van der Waals surface area contributed by atoms with E-state index in [4.69, 9.17) is 20.0 Å². The molecule has 0 aliphatic carbocycles. The molecular weight excluding hydrogens is 606 g/mol. The maximum atomic E-state index is 13.4. The lowest BCUT2D eigenvalue weighted by atomic mass is 10.0. The summed E-state index contributed by atoms with van der Waals surface area (Å²) in [4.78, 5) is 84.6. The Labute approximate surface area is 255 Å². The number of fused-ring (bicyclic) bond motifs is 1. The second kappa shape index (κ2) is 14.0. The van der Waals surface area contributed by atoms with Crippen LogP contribution in [0, 0.1) is 0 Å². The standard InChI is InChI=1S/C26H33N5O10S2/c1-6-7-15(24(38)40-26(3,4)5)41-30-17(14-11-43-25(27)28-14)20(34)29-18-21(35)31-19(23(36)37)13(10-42-22(18)31)9-39-16(33)8-12(2)32/h11,15,18,22H,6-10H2,1-5H3,(H2,27,28)(H,29,34)(H,36,37)/b30-17-/t15?,18-,22-/m1/s1. The van der Waals surface area contributed by atoms with Gasteiger partial charge < -0.3 is 30.5 Å². The van der Waals surface area contributed by atoms with Crippen LogP contribution in [0.15, 0.2) is 21.8 Å². The number of esters is 2. The molecule has 0 spiro atoms. The number of hydrogen-bond donors (Lipinski definition) is 3. The highest BCUT2D eigenvalue weighted by Crippen LogP contribution is 2.40. The second-order valence-corrected chi connectivity index (χ2v) is 12.6. The number of nitrogens with two attached hydrogens (primary N) is 1. The number of nitrogens with one attached hydrogen (secondary N) is 1. The number of nitrogens with zero attached hydrogens (tertiary/aromatic N) is 3. The Hall–Kier alpha value is -3.99. The molecule has 0 saturated carbocycles. The minimum absolute atomic E-state index is 0.0418. The number of carbonyl (C=O) groups excluding carboxylic acids is 5. The third-order valence-electron chi connectivity index (χ3n) is 5.81. The summed E-state index contributed by atoms with van der Waals surface area (Å²) in [5.74, 6) is -4.82. The molecule has 3 heterocycles. The molecule has 3 atom stereocenters. The number of ketones is 1. The third-order valence-corrected chi connectivity index (χ3v) is 7.82.